The molecule has 11 heavy (non-hydrogen) atoms. The molecule has 5 heteroatoms. The van der Waals surface area contributed by atoms with Crippen LogP contribution in [-0.4, -0.2) is 24.0 Å². The van der Waals surface area contributed by atoms with Crippen molar-refractivity contribution in [2.75, 3.05) is 7.11 Å². The maximum Gasteiger partial charge on any atom is 0.313 e. The highest BCUT2D eigenvalue weighted by Gasteiger charge is 2.11. The van der Waals surface area contributed by atoms with E-state index in [-0.39, 0.29) is 12.8 Å². The summed E-state index contributed by atoms with van der Waals surface area (Å²) in [6.07, 6.45) is -0.680. The Bertz CT molecular complexity index is 187. The van der Waals surface area contributed by atoms with Crippen LogP contribution in [0.2, 0.25) is 0 Å². The average Bonchev–Trinajstić information content (AvgIpc) is 1.85. The van der Waals surface area contributed by atoms with E-state index < -0.39 is 16.9 Å². The zero-order chi connectivity index (χ0) is 8.85. The third kappa shape index (κ3) is 5.60. The summed E-state index contributed by atoms with van der Waals surface area (Å²) >= 11 is 3.38. The van der Waals surface area contributed by atoms with E-state index in [9.17, 15) is 14.4 Å². The van der Waals surface area contributed by atoms with Crippen LogP contribution in [0.1, 0.15) is 12.8 Å². The lowest BCUT2D eigenvalue weighted by molar-refractivity contribution is -0.143. The number of ketones is 1. The molecule has 62 valence electrons. The standard InChI is InChI=1S/C6H8O4S/c1-10-5(8)2-4(7)3-6(9)11/h2-3H2,1H3,(H,9,11). The summed E-state index contributed by atoms with van der Waals surface area (Å²) in [7, 11) is 1.18. The highest BCUT2D eigenvalue weighted by Crippen LogP contribution is 1.95. The first-order chi connectivity index (χ1) is 5.06. The third-order valence-electron chi connectivity index (χ3n) is 0.918. The number of thiol groups is 1. The number of hydrogen-bond acceptors (Lipinski definition) is 4. The highest BCUT2D eigenvalue weighted by molar-refractivity contribution is 7.96. The monoisotopic (exact) mass is 176 g/mol. The number of carbonyl (C=O) groups excluding carboxylic acids is 3. The van der Waals surface area contributed by atoms with Gasteiger partial charge in [0.2, 0.25) is 0 Å². The molecule has 0 aliphatic heterocycles. The molecule has 0 N–H and O–H groups in total. The van der Waals surface area contributed by atoms with Gasteiger partial charge in [-0.05, 0) is 0 Å². The van der Waals surface area contributed by atoms with Crippen LogP contribution >= 0.6 is 12.6 Å². The van der Waals surface area contributed by atoms with Crippen LogP contribution in [0.25, 0.3) is 0 Å². The van der Waals surface area contributed by atoms with Crippen molar-refractivity contribution < 1.29 is 19.1 Å². The molecule has 0 unspecified atom stereocenters. The Morgan fingerprint density at radius 2 is 1.82 bits per heavy atom. The number of Topliss-reactive ketones (excluding diaryl/α,β-unsaturated/α-hetero) is 1. The fourth-order valence-corrected chi connectivity index (χ4v) is 0.641. The molecule has 0 radical (unpaired) electrons. The van der Waals surface area contributed by atoms with Crippen LogP contribution in [0.4, 0.5) is 0 Å². The molecule has 0 aliphatic carbocycles. The number of carbonyl (C=O) groups is 3. The molecule has 0 amide bonds. The lowest BCUT2D eigenvalue weighted by atomic mass is 10.2. The van der Waals surface area contributed by atoms with Crippen LogP contribution in [0.15, 0.2) is 0 Å². The summed E-state index contributed by atoms with van der Waals surface area (Å²) in [5.41, 5.74) is 0. The minimum atomic E-state index is -0.635. The molecule has 0 aliphatic rings. The van der Waals surface area contributed by atoms with Gasteiger partial charge in [0.25, 0.3) is 0 Å². The average molecular weight is 176 g/mol. The lowest BCUT2D eigenvalue weighted by Gasteiger charge is -1.95. The molecular formula is C6H8O4S. The van der Waals surface area contributed by atoms with E-state index in [1.54, 1.807) is 0 Å². The van der Waals surface area contributed by atoms with Gasteiger partial charge in [0.1, 0.15) is 6.42 Å². The Balaban J connectivity index is 3.70. The topological polar surface area (TPSA) is 60.4 Å². The largest absolute Gasteiger partial charge is 0.469 e. The number of rotatable bonds is 4. The zero-order valence-electron chi connectivity index (χ0n) is 5.99. The maximum atomic E-state index is 10.7. The molecule has 0 aromatic carbocycles. The normalized spacial score (nSPS) is 8.91. The summed E-state index contributed by atoms with van der Waals surface area (Å²) in [4.78, 5) is 31.3. The van der Waals surface area contributed by atoms with Crippen molar-refractivity contribution in [1.29, 1.82) is 0 Å². The lowest BCUT2D eigenvalue weighted by Crippen LogP contribution is -2.10. The van der Waals surface area contributed by atoms with E-state index in [4.69, 9.17) is 0 Å². The van der Waals surface area contributed by atoms with E-state index in [1.165, 1.54) is 7.11 Å². The van der Waals surface area contributed by atoms with E-state index in [0.717, 1.165) is 0 Å². The molecule has 0 saturated heterocycles. The molecule has 0 rings (SSSR count). The Morgan fingerprint density at radius 1 is 1.27 bits per heavy atom. The van der Waals surface area contributed by atoms with Crippen LogP contribution in [0.3, 0.4) is 0 Å². The third-order valence-corrected chi connectivity index (χ3v) is 1.08. The number of esters is 1. The van der Waals surface area contributed by atoms with Crippen LogP contribution in [0, 0.1) is 0 Å². The Hall–Kier alpha value is -0.840. The molecule has 0 saturated carbocycles. The molecule has 0 bridgehead atoms. The number of methoxy groups -OCH3 is 1. The second-order valence-corrected chi connectivity index (χ2v) is 2.36. The van der Waals surface area contributed by atoms with Gasteiger partial charge in [0.05, 0.1) is 13.5 Å². The summed E-state index contributed by atoms with van der Waals surface area (Å²) in [6.45, 7) is 0. The number of hydrogen-bond donors (Lipinski definition) is 1. The SMILES string of the molecule is COC(=O)CC(=O)CC(=O)S. The van der Waals surface area contributed by atoms with E-state index >= 15 is 0 Å². The van der Waals surface area contributed by atoms with Crippen molar-refractivity contribution in [3.8, 4) is 0 Å². The first-order valence-corrected chi connectivity index (χ1v) is 3.31. The van der Waals surface area contributed by atoms with Crippen LogP contribution < -0.4 is 0 Å². The van der Waals surface area contributed by atoms with Gasteiger partial charge in [-0.1, -0.05) is 0 Å². The van der Waals surface area contributed by atoms with E-state index in [1.807, 2.05) is 0 Å². The van der Waals surface area contributed by atoms with Gasteiger partial charge < -0.3 is 4.74 Å². The van der Waals surface area contributed by atoms with Gasteiger partial charge in [-0.3, -0.25) is 14.4 Å². The first kappa shape index (κ1) is 10.2. The smallest absolute Gasteiger partial charge is 0.313 e. The maximum absolute atomic E-state index is 10.7. The Kier molecular flexibility index (Phi) is 4.52. The molecule has 0 atom stereocenters. The second-order valence-electron chi connectivity index (χ2n) is 1.86. The minimum Gasteiger partial charge on any atom is -0.469 e. The fraction of sp³-hybridized carbons (Fsp3) is 0.500. The molecule has 0 spiro atoms. The van der Waals surface area contributed by atoms with Gasteiger partial charge in [-0.25, -0.2) is 0 Å². The van der Waals surface area contributed by atoms with E-state index in [0.29, 0.717) is 0 Å². The summed E-state index contributed by atoms with van der Waals surface area (Å²) in [6, 6.07) is 0. The molecule has 4 nitrogen and oxygen atoms in total. The quantitative estimate of drug-likeness (QED) is 0.371. The van der Waals surface area contributed by atoms with Crippen LogP contribution in [0.5, 0.6) is 0 Å². The van der Waals surface area contributed by atoms with Crippen molar-refractivity contribution in [3.05, 3.63) is 0 Å². The fourth-order valence-electron chi connectivity index (χ4n) is 0.464. The predicted molar refractivity (Wildman–Crippen MR) is 40.3 cm³/mol. The molecule has 0 heterocycles. The zero-order valence-corrected chi connectivity index (χ0v) is 6.89. The van der Waals surface area contributed by atoms with Gasteiger partial charge in [-0.15, -0.1) is 12.6 Å². The van der Waals surface area contributed by atoms with Crippen molar-refractivity contribution in [2.24, 2.45) is 0 Å². The number of ether oxygens (including phenoxy) is 1. The molecule has 0 aromatic heterocycles. The Morgan fingerprint density at radius 3 is 2.18 bits per heavy atom. The van der Waals surface area contributed by atoms with Crippen molar-refractivity contribution in [1.82, 2.24) is 0 Å². The van der Waals surface area contributed by atoms with Crippen molar-refractivity contribution >= 4 is 29.5 Å². The first-order valence-electron chi connectivity index (χ1n) is 2.86. The summed E-state index contributed by atoms with van der Waals surface area (Å²) < 4.78 is 4.21. The highest BCUT2D eigenvalue weighted by atomic mass is 32.1. The van der Waals surface area contributed by atoms with Crippen molar-refractivity contribution in [3.63, 3.8) is 0 Å². The Labute approximate surface area is 69.3 Å². The second kappa shape index (κ2) is 4.90. The van der Waals surface area contributed by atoms with Gasteiger partial charge >= 0.3 is 5.97 Å². The van der Waals surface area contributed by atoms with Gasteiger partial charge in [0.15, 0.2) is 10.9 Å². The van der Waals surface area contributed by atoms with Gasteiger partial charge in [0, 0.05) is 0 Å². The molecule has 0 aromatic rings. The summed E-state index contributed by atoms with van der Waals surface area (Å²) in [5, 5.41) is -0.543. The van der Waals surface area contributed by atoms with Gasteiger partial charge in [-0.2, -0.15) is 0 Å². The molecular weight excluding hydrogens is 168 g/mol. The van der Waals surface area contributed by atoms with Crippen LogP contribution in [-0.2, 0) is 19.1 Å². The molecule has 0 fully saturated rings. The minimum absolute atomic E-state index is 0.321. The van der Waals surface area contributed by atoms with Crippen molar-refractivity contribution in [2.45, 2.75) is 12.8 Å². The summed E-state index contributed by atoms with van der Waals surface area (Å²) in [5.74, 6) is -1.11. The van der Waals surface area contributed by atoms with E-state index in [2.05, 4.69) is 17.4 Å². The predicted octanol–water partition coefficient (Wildman–Crippen LogP) is -0.0349.